The van der Waals surface area contributed by atoms with Crippen LogP contribution in [-0.2, 0) is 9.09 Å². The van der Waals surface area contributed by atoms with Gasteiger partial charge in [0.1, 0.15) is 5.12 Å². The van der Waals surface area contributed by atoms with Crippen molar-refractivity contribution in [3.63, 3.8) is 0 Å². The highest BCUT2D eigenvalue weighted by atomic mass is 35.5. The summed E-state index contributed by atoms with van der Waals surface area (Å²) in [5, 5.41) is -0.0169. The fourth-order valence-electron chi connectivity index (χ4n) is 1.91. The van der Waals surface area contributed by atoms with Gasteiger partial charge in [0.15, 0.2) is 0 Å². The summed E-state index contributed by atoms with van der Waals surface area (Å²) in [4.78, 5) is 0. The van der Waals surface area contributed by atoms with Crippen molar-refractivity contribution < 1.29 is 9.09 Å². The van der Waals surface area contributed by atoms with E-state index in [9.17, 15) is 4.57 Å². The molecule has 0 fully saturated rings. The summed E-state index contributed by atoms with van der Waals surface area (Å²) in [5.74, 6) is 0. The third kappa shape index (κ3) is 3.09. The molecule has 19 heavy (non-hydrogen) atoms. The molecular weight excluding hydrogens is 279 g/mol. The summed E-state index contributed by atoms with van der Waals surface area (Å²) < 4.78 is 18.7. The predicted octanol–water partition coefficient (Wildman–Crippen LogP) is 4.56. The van der Waals surface area contributed by atoms with E-state index >= 15 is 0 Å². The van der Waals surface area contributed by atoms with E-state index in [0.29, 0.717) is 11.9 Å². The first-order valence-electron chi connectivity index (χ1n) is 6.17. The molecule has 0 N–H and O–H groups in total. The second kappa shape index (κ2) is 6.38. The van der Waals surface area contributed by atoms with E-state index in [1.807, 2.05) is 55.5 Å². The van der Waals surface area contributed by atoms with Gasteiger partial charge in [-0.15, -0.1) is 11.6 Å². The Kier molecular flexibility index (Phi) is 4.81. The molecule has 2 nitrogen and oxygen atoms in total. The second-order valence-electron chi connectivity index (χ2n) is 4.10. The van der Waals surface area contributed by atoms with Crippen LogP contribution in [0.3, 0.4) is 0 Å². The van der Waals surface area contributed by atoms with Gasteiger partial charge in [-0.05, 0) is 24.6 Å². The minimum Gasteiger partial charge on any atom is -0.324 e. The van der Waals surface area contributed by atoms with Crippen molar-refractivity contribution in [1.82, 2.24) is 0 Å². The lowest BCUT2D eigenvalue weighted by atomic mass is 10.2. The van der Waals surface area contributed by atoms with Gasteiger partial charge in [0.05, 0.1) is 6.61 Å². The second-order valence-corrected chi connectivity index (χ2v) is 7.32. The van der Waals surface area contributed by atoms with Crippen LogP contribution in [-0.4, -0.2) is 6.61 Å². The molecule has 2 atom stereocenters. The zero-order valence-corrected chi connectivity index (χ0v) is 12.3. The van der Waals surface area contributed by atoms with Gasteiger partial charge in [-0.3, -0.25) is 4.57 Å². The number of hydrogen-bond donors (Lipinski definition) is 0. The van der Waals surface area contributed by atoms with E-state index in [-0.39, 0.29) is 0 Å². The van der Waals surface area contributed by atoms with E-state index in [0.717, 1.165) is 5.56 Å². The molecule has 0 saturated carbocycles. The first-order valence-corrected chi connectivity index (χ1v) is 8.30. The Balaban J connectivity index is 2.43. The third-order valence-electron chi connectivity index (χ3n) is 2.81. The summed E-state index contributed by atoms with van der Waals surface area (Å²) >= 11 is 6.44. The Morgan fingerprint density at radius 3 is 2.11 bits per heavy atom. The number of halogens is 1. The molecule has 2 rings (SSSR count). The fraction of sp³-hybridized carbons (Fsp3) is 0.200. The Labute approximate surface area is 118 Å². The first-order chi connectivity index (χ1) is 9.18. The lowest BCUT2D eigenvalue weighted by Crippen LogP contribution is -2.11. The van der Waals surface area contributed by atoms with Crippen LogP contribution in [0, 0.1) is 0 Å². The SMILES string of the molecule is CCOP(=O)(c1ccccc1)C(Cl)c1ccccc1. The molecule has 100 valence electrons. The van der Waals surface area contributed by atoms with Crippen LogP contribution in [0.2, 0.25) is 0 Å². The van der Waals surface area contributed by atoms with Crippen LogP contribution in [0.15, 0.2) is 60.7 Å². The van der Waals surface area contributed by atoms with E-state index < -0.39 is 12.5 Å². The predicted molar refractivity (Wildman–Crippen MR) is 80.3 cm³/mol. The smallest absolute Gasteiger partial charge is 0.253 e. The maximum Gasteiger partial charge on any atom is 0.253 e. The molecule has 2 aromatic carbocycles. The van der Waals surface area contributed by atoms with Crippen LogP contribution < -0.4 is 5.30 Å². The Morgan fingerprint density at radius 1 is 1.05 bits per heavy atom. The Hall–Kier alpha value is -1.08. The lowest BCUT2D eigenvalue weighted by molar-refractivity contribution is 0.339. The molecule has 0 saturated heterocycles. The molecular formula is C15H16ClO2P. The summed E-state index contributed by atoms with van der Waals surface area (Å²) in [6.07, 6.45) is 0. The van der Waals surface area contributed by atoms with Gasteiger partial charge in [0, 0.05) is 5.30 Å². The van der Waals surface area contributed by atoms with Crippen molar-refractivity contribution in [2.45, 2.75) is 12.0 Å². The molecule has 4 heteroatoms. The van der Waals surface area contributed by atoms with Gasteiger partial charge >= 0.3 is 0 Å². The minimum absolute atomic E-state index is 0.363. The van der Waals surface area contributed by atoms with Gasteiger partial charge in [-0.1, -0.05) is 48.5 Å². The summed E-state index contributed by atoms with van der Waals surface area (Å²) in [6, 6.07) is 18.6. The average Bonchev–Trinajstić information content (AvgIpc) is 2.48. The minimum atomic E-state index is -3.12. The van der Waals surface area contributed by atoms with Crippen molar-refractivity contribution >= 4 is 24.3 Å². The van der Waals surface area contributed by atoms with E-state index in [1.54, 1.807) is 12.1 Å². The zero-order valence-electron chi connectivity index (χ0n) is 10.7. The van der Waals surface area contributed by atoms with E-state index in [2.05, 4.69) is 0 Å². The molecule has 0 bridgehead atoms. The number of rotatable bonds is 5. The standard InChI is InChI=1S/C15H16ClO2P/c1-2-18-19(17,14-11-7-4-8-12-14)15(16)13-9-5-3-6-10-13/h3-12,15H,2H2,1H3. The quantitative estimate of drug-likeness (QED) is 0.597. The first kappa shape index (κ1) is 14.3. The molecule has 2 aromatic rings. The summed E-state index contributed by atoms with van der Waals surface area (Å²) in [5.41, 5.74) is 0.810. The molecule has 0 spiro atoms. The molecule has 0 radical (unpaired) electrons. The number of hydrogen-bond acceptors (Lipinski definition) is 2. The van der Waals surface area contributed by atoms with Crippen LogP contribution in [0.1, 0.15) is 17.6 Å². The van der Waals surface area contributed by atoms with Gasteiger partial charge in [-0.25, -0.2) is 0 Å². The Bertz CT molecular complexity index is 557. The van der Waals surface area contributed by atoms with Crippen molar-refractivity contribution in [2.75, 3.05) is 6.61 Å². The van der Waals surface area contributed by atoms with Crippen molar-refractivity contribution in [2.24, 2.45) is 0 Å². The highest BCUT2D eigenvalue weighted by molar-refractivity contribution is 7.68. The van der Waals surface area contributed by atoms with Crippen molar-refractivity contribution in [3.8, 4) is 0 Å². The van der Waals surface area contributed by atoms with Gasteiger partial charge in [0.2, 0.25) is 0 Å². The molecule has 0 aromatic heterocycles. The molecule has 0 aliphatic carbocycles. The maximum atomic E-state index is 13.2. The van der Waals surface area contributed by atoms with Gasteiger partial charge in [-0.2, -0.15) is 0 Å². The normalized spacial score (nSPS) is 15.7. The van der Waals surface area contributed by atoms with Crippen LogP contribution in [0.5, 0.6) is 0 Å². The average molecular weight is 295 g/mol. The Morgan fingerprint density at radius 2 is 1.58 bits per heavy atom. The topological polar surface area (TPSA) is 26.3 Å². The van der Waals surface area contributed by atoms with Crippen LogP contribution >= 0.6 is 19.0 Å². The van der Waals surface area contributed by atoms with E-state index in [4.69, 9.17) is 16.1 Å². The third-order valence-corrected chi connectivity index (χ3v) is 6.39. The summed E-state index contributed by atoms with van der Waals surface area (Å²) in [7, 11) is -3.12. The molecule has 0 amide bonds. The van der Waals surface area contributed by atoms with Gasteiger partial charge < -0.3 is 4.52 Å². The largest absolute Gasteiger partial charge is 0.324 e. The monoisotopic (exact) mass is 294 g/mol. The van der Waals surface area contributed by atoms with E-state index in [1.165, 1.54) is 0 Å². The lowest BCUT2D eigenvalue weighted by Gasteiger charge is -2.23. The van der Waals surface area contributed by atoms with Crippen molar-refractivity contribution in [1.29, 1.82) is 0 Å². The molecule has 2 unspecified atom stereocenters. The fourth-order valence-corrected chi connectivity index (χ4v) is 4.64. The number of benzene rings is 2. The van der Waals surface area contributed by atoms with Gasteiger partial charge in [0.25, 0.3) is 7.37 Å². The van der Waals surface area contributed by atoms with Crippen LogP contribution in [0.4, 0.5) is 0 Å². The number of alkyl halides is 1. The van der Waals surface area contributed by atoms with Crippen LogP contribution in [0.25, 0.3) is 0 Å². The maximum absolute atomic E-state index is 13.2. The molecule has 0 aliphatic heterocycles. The highest BCUT2D eigenvalue weighted by Gasteiger charge is 2.35. The summed E-state index contributed by atoms with van der Waals surface area (Å²) in [6.45, 7) is 2.19. The molecule has 0 heterocycles. The molecule has 0 aliphatic rings. The van der Waals surface area contributed by atoms with Crippen molar-refractivity contribution in [3.05, 3.63) is 66.2 Å². The zero-order chi connectivity index (χ0) is 13.7. The highest BCUT2D eigenvalue weighted by Crippen LogP contribution is 2.61.